The molecule has 4 bridgehead atoms. The van der Waals surface area contributed by atoms with E-state index in [4.69, 9.17) is 0 Å². The van der Waals surface area contributed by atoms with Crippen LogP contribution in [0.3, 0.4) is 0 Å². The van der Waals surface area contributed by atoms with Gasteiger partial charge in [0.2, 0.25) is 5.91 Å². The molecule has 0 aromatic heterocycles. The summed E-state index contributed by atoms with van der Waals surface area (Å²) in [5.74, 6) is 2.64. The average molecular weight is 313 g/mol. The van der Waals surface area contributed by atoms with Crippen LogP contribution in [-0.4, -0.2) is 17.6 Å². The average Bonchev–Trinajstić information content (AvgIpc) is 2.54. The van der Waals surface area contributed by atoms with Crippen LogP contribution in [0.1, 0.15) is 56.6 Å². The minimum absolute atomic E-state index is 0.0769. The van der Waals surface area contributed by atoms with E-state index in [-0.39, 0.29) is 11.3 Å². The summed E-state index contributed by atoms with van der Waals surface area (Å²) < 4.78 is 0. The standard InChI is InChI=1S/C20H27NO2/c22-18(17-4-2-1-3-5-17)6-7-21-19(23)20-11-14-8-15(12-20)10-16(9-14)13-20/h1-5,14-16,18,22H,6-13H2,(H,21,23). The van der Waals surface area contributed by atoms with Crippen LogP contribution in [0.2, 0.25) is 0 Å². The van der Waals surface area contributed by atoms with Gasteiger partial charge in [-0.2, -0.15) is 0 Å². The molecule has 1 unspecified atom stereocenters. The molecular weight excluding hydrogens is 286 g/mol. The Bertz CT molecular complexity index is 533. The monoisotopic (exact) mass is 313 g/mol. The second-order valence-corrected chi connectivity index (χ2v) is 8.17. The van der Waals surface area contributed by atoms with Gasteiger partial charge < -0.3 is 10.4 Å². The van der Waals surface area contributed by atoms with E-state index in [1.54, 1.807) is 0 Å². The molecule has 1 aromatic rings. The third-order valence-electron chi connectivity index (χ3n) is 6.41. The lowest BCUT2D eigenvalue weighted by atomic mass is 9.49. The van der Waals surface area contributed by atoms with E-state index >= 15 is 0 Å². The molecule has 1 amide bonds. The lowest BCUT2D eigenvalue weighted by Crippen LogP contribution is -2.53. The fourth-order valence-electron chi connectivity index (χ4n) is 5.74. The molecule has 4 fully saturated rings. The van der Waals surface area contributed by atoms with Gasteiger partial charge >= 0.3 is 0 Å². The lowest BCUT2D eigenvalue weighted by molar-refractivity contribution is -0.146. The molecule has 0 saturated heterocycles. The molecule has 1 atom stereocenters. The fourth-order valence-corrected chi connectivity index (χ4v) is 5.74. The molecule has 4 saturated carbocycles. The summed E-state index contributed by atoms with van der Waals surface area (Å²) in [5, 5.41) is 13.4. The maximum Gasteiger partial charge on any atom is 0.226 e. The highest BCUT2D eigenvalue weighted by Crippen LogP contribution is 2.60. The molecule has 0 heterocycles. The Morgan fingerprint density at radius 1 is 1.09 bits per heavy atom. The molecule has 4 aliphatic carbocycles. The Labute approximate surface area is 138 Å². The van der Waals surface area contributed by atoms with Crippen molar-refractivity contribution in [2.45, 2.75) is 51.0 Å². The molecule has 0 spiro atoms. The highest BCUT2D eigenvalue weighted by Gasteiger charge is 2.54. The highest BCUT2D eigenvalue weighted by molar-refractivity contribution is 5.83. The van der Waals surface area contributed by atoms with Crippen LogP contribution in [0.15, 0.2) is 30.3 Å². The highest BCUT2D eigenvalue weighted by atomic mass is 16.3. The summed E-state index contributed by atoms with van der Waals surface area (Å²) in [7, 11) is 0. The Hall–Kier alpha value is -1.35. The third-order valence-corrected chi connectivity index (χ3v) is 6.41. The van der Waals surface area contributed by atoms with E-state index in [2.05, 4.69) is 5.32 Å². The molecule has 0 radical (unpaired) electrons. The minimum atomic E-state index is -0.493. The summed E-state index contributed by atoms with van der Waals surface area (Å²) >= 11 is 0. The second kappa shape index (κ2) is 5.94. The van der Waals surface area contributed by atoms with Crippen LogP contribution in [0.25, 0.3) is 0 Å². The van der Waals surface area contributed by atoms with Crippen LogP contribution < -0.4 is 5.32 Å². The van der Waals surface area contributed by atoms with Gasteiger partial charge in [0.05, 0.1) is 6.10 Å². The van der Waals surface area contributed by atoms with Crippen molar-refractivity contribution in [3.05, 3.63) is 35.9 Å². The number of hydrogen-bond acceptors (Lipinski definition) is 2. The number of aliphatic hydroxyl groups is 1. The van der Waals surface area contributed by atoms with E-state index < -0.39 is 6.10 Å². The van der Waals surface area contributed by atoms with E-state index in [1.807, 2.05) is 30.3 Å². The third kappa shape index (κ3) is 2.91. The summed E-state index contributed by atoms with van der Waals surface area (Å²) in [6.07, 6.45) is 7.48. The first kappa shape index (κ1) is 15.2. The number of carbonyl (C=O) groups is 1. The number of aliphatic hydroxyl groups excluding tert-OH is 1. The van der Waals surface area contributed by atoms with Crippen molar-refractivity contribution in [1.29, 1.82) is 0 Å². The van der Waals surface area contributed by atoms with Gasteiger partial charge in [-0.3, -0.25) is 4.79 Å². The Kier molecular flexibility index (Phi) is 3.92. The molecule has 5 rings (SSSR count). The summed E-state index contributed by atoms with van der Waals surface area (Å²) in [6, 6.07) is 9.70. The molecule has 0 aliphatic heterocycles. The molecule has 2 N–H and O–H groups in total. The van der Waals surface area contributed by atoms with Gasteiger partial charge in [-0.1, -0.05) is 30.3 Å². The van der Waals surface area contributed by atoms with Crippen LogP contribution >= 0.6 is 0 Å². The smallest absolute Gasteiger partial charge is 0.226 e. The van der Waals surface area contributed by atoms with Gasteiger partial charge in [0.25, 0.3) is 0 Å². The van der Waals surface area contributed by atoms with Crippen molar-refractivity contribution in [1.82, 2.24) is 5.32 Å². The Balaban J connectivity index is 1.32. The zero-order valence-corrected chi connectivity index (χ0v) is 13.7. The predicted octanol–water partition coefficient (Wildman–Crippen LogP) is 3.44. The normalized spacial score (nSPS) is 36.0. The number of benzene rings is 1. The van der Waals surface area contributed by atoms with Crippen molar-refractivity contribution in [3.63, 3.8) is 0 Å². The summed E-state index contributed by atoms with van der Waals surface area (Å²) in [4.78, 5) is 12.8. The second-order valence-electron chi connectivity index (χ2n) is 8.17. The largest absolute Gasteiger partial charge is 0.388 e. The van der Waals surface area contributed by atoms with Gasteiger partial charge in [0, 0.05) is 12.0 Å². The molecule has 124 valence electrons. The minimum Gasteiger partial charge on any atom is -0.388 e. The molecule has 3 heteroatoms. The molecule has 3 nitrogen and oxygen atoms in total. The number of carbonyl (C=O) groups excluding carboxylic acids is 1. The first-order chi connectivity index (χ1) is 11.1. The molecular formula is C20H27NO2. The van der Waals surface area contributed by atoms with Gasteiger partial charge in [0.1, 0.15) is 0 Å². The maximum absolute atomic E-state index is 12.8. The number of amides is 1. The van der Waals surface area contributed by atoms with Crippen molar-refractivity contribution < 1.29 is 9.90 Å². The van der Waals surface area contributed by atoms with Crippen LogP contribution in [0.5, 0.6) is 0 Å². The number of hydrogen-bond donors (Lipinski definition) is 2. The summed E-state index contributed by atoms with van der Waals surface area (Å²) in [5.41, 5.74) is 0.850. The van der Waals surface area contributed by atoms with Crippen molar-refractivity contribution in [3.8, 4) is 0 Å². The quantitative estimate of drug-likeness (QED) is 0.875. The number of rotatable bonds is 5. The van der Waals surface area contributed by atoms with Gasteiger partial charge in [-0.15, -0.1) is 0 Å². The van der Waals surface area contributed by atoms with E-state index in [0.29, 0.717) is 13.0 Å². The molecule has 1 aromatic carbocycles. The van der Waals surface area contributed by atoms with E-state index in [1.165, 1.54) is 19.3 Å². The molecule has 23 heavy (non-hydrogen) atoms. The fraction of sp³-hybridized carbons (Fsp3) is 0.650. The van der Waals surface area contributed by atoms with Gasteiger partial charge in [-0.25, -0.2) is 0 Å². The first-order valence-corrected chi connectivity index (χ1v) is 9.16. The van der Waals surface area contributed by atoms with Gasteiger partial charge in [-0.05, 0) is 68.3 Å². The topological polar surface area (TPSA) is 49.3 Å². The van der Waals surface area contributed by atoms with Crippen molar-refractivity contribution in [2.24, 2.45) is 23.2 Å². The number of nitrogens with one attached hydrogen (secondary N) is 1. The van der Waals surface area contributed by atoms with Crippen LogP contribution in [0, 0.1) is 23.2 Å². The zero-order valence-electron chi connectivity index (χ0n) is 13.7. The summed E-state index contributed by atoms with van der Waals surface area (Å²) in [6.45, 7) is 0.566. The Morgan fingerprint density at radius 3 is 2.22 bits per heavy atom. The Morgan fingerprint density at radius 2 is 1.65 bits per heavy atom. The SMILES string of the molecule is O=C(NCCC(O)c1ccccc1)C12CC3CC(CC(C3)C1)C2. The molecule has 4 aliphatic rings. The van der Waals surface area contributed by atoms with E-state index in [0.717, 1.165) is 42.6 Å². The lowest BCUT2D eigenvalue weighted by Gasteiger charge is -2.55. The van der Waals surface area contributed by atoms with Crippen LogP contribution in [-0.2, 0) is 4.79 Å². The van der Waals surface area contributed by atoms with Crippen molar-refractivity contribution in [2.75, 3.05) is 6.54 Å². The maximum atomic E-state index is 12.8. The van der Waals surface area contributed by atoms with Crippen LogP contribution in [0.4, 0.5) is 0 Å². The predicted molar refractivity (Wildman–Crippen MR) is 89.6 cm³/mol. The van der Waals surface area contributed by atoms with Gasteiger partial charge in [0.15, 0.2) is 0 Å². The van der Waals surface area contributed by atoms with E-state index in [9.17, 15) is 9.90 Å². The first-order valence-electron chi connectivity index (χ1n) is 9.16. The zero-order chi connectivity index (χ0) is 15.9. The van der Waals surface area contributed by atoms with Crippen molar-refractivity contribution >= 4 is 5.91 Å².